The number of alkyl carbamates (subject to hydrolysis) is 1. The van der Waals surface area contributed by atoms with Gasteiger partial charge in [-0.2, -0.15) is 0 Å². The van der Waals surface area contributed by atoms with Crippen LogP contribution in [0.5, 0.6) is 0 Å². The highest BCUT2D eigenvalue weighted by Gasteiger charge is 2.34. The number of carbonyl (C=O) groups excluding carboxylic acids is 2. The van der Waals surface area contributed by atoms with Crippen molar-refractivity contribution in [1.29, 1.82) is 0 Å². The van der Waals surface area contributed by atoms with Gasteiger partial charge in [-0.3, -0.25) is 4.79 Å². The number of carboxylic acids is 1. The van der Waals surface area contributed by atoms with Crippen LogP contribution < -0.4 is 10.6 Å². The predicted molar refractivity (Wildman–Crippen MR) is 130 cm³/mol. The molecule has 2 aliphatic carbocycles. The first-order valence-corrected chi connectivity index (χ1v) is 12.1. The van der Waals surface area contributed by atoms with Crippen LogP contribution in [0, 0.1) is 5.92 Å². The number of nitrogens with one attached hydrogen (secondary N) is 2. The van der Waals surface area contributed by atoms with Crippen molar-refractivity contribution in [3.63, 3.8) is 0 Å². The lowest BCUT2D eigenvalue weighted by atomic mass is 9.98. The van der Waals surface area contributed by atoms with Crippen LogP contribution in [0.25, 0.3) is 11.1 Å². The lowest BCUT2D eigenvalue weighted by Gasteiger charge is -2.24. The van der Waals surface area contributed by atoms with E-state index >= 15 is 0 Å². The summed E-state index contributed by atoms with van der Waals surface area (Å²) in [6.45, 7) is 1.82. The molecule has 4 atom stereocenters. The van der Waals surface area contributed by atoms with Crippen molar-refractivity contribution in [2.24, 2.45) is 5.92 Å². The molecule has 1 fully saturated rings. The number of amides is 2. The van der Waals surface area contributed by atoms with Crippen molar-refractivity contribution in [3.05, 3.63) is 59.7 Å². The Kier molecular flexibility index (Phi) is 7.70. The summed E-state index contributed by atoms with van der Waals surface area (Å²) < 4.78 is 10.7. The maximum atomic E-state index is 12.7. The van der Waals surface area contributed by atoms with Gasteiger partial charge >= 0.3 is 12.1 Å². The van der Waals surface area contributed by atoms with Gasteiger partial charge in [-0.15, -0.1) is 0 Å². The van der Waals surface area contributed by atoms with Crippen LogP contribution in [0.2, 0.25) is 0 Å². The van der Waals surface area contributed by atoms with E-state index in [1.165, 1.54) is 18.2 Å². The Bertz CT molecular complexity index is 1040. The first kappa shape index (κ1) is 24.7. The molecule has 35 heavy (non-hydrogen) atoms. The molecule has 186 valence electrons. The number of hydrogen-bond acceptors (Lipinski definition) is 5. The topological polar surface area (TPSA) is 114 Å². The number of carboxylic acid groups (broad SMARTS) is 1. The standard InChI is InChI=1S/C27H32N2O6/c1-16(34-2)25(26(31)32)29-24(30)14-17-8-7-13-23(17)28-27(33)35-15-22-20-11-5-3-9-18(20)19-10-4-6-12-21(19)22/h3-6,9-12,16-17,22-23,25H,7-8,13-15H2,1-2H3,(H,28,33)(H,29,30)(H,31,32)/t16-,17+,23-,25+/m1/s1. The SMILES string of the molecule is CO[C@H](C)[C@H](NC(=O)C[C@@H]1CCC[C@H]1NC(=O)OCC1c2ccccc2-c2ccccc21)C(=O)O. The smallest absolute Gasteiger partial charge is 0.407 e. The van der Waals surface area contributed by atoms with E-state index in [0.717, 1.165) is 30.4 Å². The fourth-order valence-corrected chi connectivity index (χ4v) is 5.25. The molecule has 8 heteroatoms. The molecule has 1 saturated carbocycles. The van der Waals surface area contributed by atoms with Crippen LogP contribution in [0.3, 0.4) is 0 Å². The van der Waals surface area contributed by atoms with Gasteiger partial charge in [-0.05, 0) is 47.9 Å². The second kappa shape index (κ2) is 10.9. The molecule has 8 nitrogen and oxygen atoms in total. The molecule has 0 unspecified atom stereocenters. The predicted octanol–water partition coefficient (Wildman–Crippen LogP) is 3.69. The zero-order valence-electron chi connectivity index (χ0n) is 20.0. The fraction of sp³-hybridized carbons (Fsp3) is 0.444. The third kappa shape index (κ3) is 5.48. The Hall–Kier alpha value is -3.39. The zero-order valence-corrected chi connectivity index (χ0v) is 20.0. The first-order chi connectivity index (χ1) is 16.9. The molecule has 0 radical (unpaired) electrons. The summed E-state index contributed by atoms with van der Waals surface area (Å²) >= 11 is 0. The Morgan fingerprint density at radius 2 is 1.66 bits per heavy atom. The molecule has 0 aromatic heterocycles. The van der Waals surface area contributed by atoms with E-state index in [0.29, 0.717) is 0 Å². The third-order valence-corrected chi connectivity index (χ3v) is 7.18. The minimum absolute atomic E-state index is 0.0194. The summed E-state index contributed by atoms with van der Waals surface area (Å²) in [4.78, 5) is 36.7. The summed E-state index contributed by atoms with van der Waals surface area (Å²) in [7, 11) is 1.40. The second-order valence-corrected chi connectivity index (χ2v) is 9.30. The van der Waals surface area contributed by atoms with Crippen LogP contribution in [0.1, 0.15) is 49.7 Å². The fourth-order valence-electron chi connectivity index (χ4n) is 5.25. The summed E-state index contributed by atoms with van der Waals surface area (Å²) in [5, 5.41) is 14.8. The van der Waals surface area contributed by atoms with Crippen molar-refractivity contribution in [3.8, 4) is 11.1 Å². The molecule has 2 amide bonds. The van der Waals surface area contributed by atoms with Crippen LogP contribution >= 0.6 is 0 Å². The van der Waals surface area contributed by atoms with Crippen molar-refractivity contribution < 1.29 is 29.0 Å². The van der Waals surface area contributed by atoms with E-state index in [9.17, 15) is 19.5 Å². The van der Waals surface area contributed by atoms with Gasteiger partial charge in [-0.1, -0.05) is 55.0 Å². The number of carbonyl (C=O) groups is 3. The third-order valence-electron chi connectivity index (χ3n) is 7.18. The van der Waals surface area contributed by atoms with E-state index in [2.05, 4.69) is 34.9 Å². The summed E-state index contributed by atoms with van der Waals surface area (Å²) in [6, 6.07) is 15.0. The number of hydrogen-bond donors (Lipinski definition) is 3. The van der Waals surface area contributed by atoms with E-state index in [-0.39, 0.29) is 36.8 Å². The van der Waals surface area contributed by atoms with Gasteiger partial charge in [0.1, 0.15) is 6.61 Å². The molecular weight excluding hydrogens is 448 g/mol. The van der Waals surface area contributed by atoms with E-state index in [1.807, 2.05) is 24.3 Å². The lowest BCUT2D eigenvalue weighted by molar-refractivity contribution is -0.145. The van der Waals surface area contributed by atoms with Gasteiger partial charge in [0.15, 0.2) is 6.04 Å². The average Bonchev–Trinajstić information content (AvgIpc) is 3.42. The highest BCUT2D eigenvalue weighted by Crippen LogP contribution is 2.44. The maximum Gasteiger partial charge on any atom is 0.407 e. The van der Waals surface area contributed by atoms with Gasteiger partial charge in [0, 0.05) is 25.5 Å². The van der Waals surface area contributed by atoms with Crippen molar-refractivity contribution in [2.45, 2.75) is 56.7 Å². The molecule has 2 aromatic carbocycles. The van der Waals surface area contributed by atoms with E-state index < -0.39 is 24.2 Å². The quantitative estimate of drug-likeness (QED) is 0.504. The van der Waals surface area contributed by atoms with Gasteiger partial charge in [0.2, 0.25) is 5.91 Å². The van der Waals surface area contributed by atoms with Crippen LogP contribution in [-0.4, -0.2) is 55.0 Å². The molecule has 0 spiro atoms. The van der Waals surface area contributed by atoms with E-state index in [4.69, 9.17) is 9.47 Å². The average molecular weight is 481 g/mol. The van der Waals surface area contributed by atoms with Gasteiger partial charge in [-0.25, -0.2) is 9.59 Å². The molecule has 0 aliphatic heterocycles. The number of fused-ring (bicyclic) bond motifs is 3. The normalized spacial score (nSPS) is 20.4. The van der Waals surface area contributed by atoms with Crippen LogP contribution in [-0.2, 0) is 19.1 Å². The van der Waals surface area contributed by atoms with Crippen molar-refractivity contribution in [1.82, 2.24) is 10.6 Å². The number of methoxy groups -OCH3 is 1. The number of benzene rings is 2. The Morgan fingerprint density at radius 3 is 2.26 bits per heavy atom. The lowest BCUT2D eigenvalue weighted by Crippen LogP contribution is -2.49. The summed E-state index contributed by atoms with van der Waals surface area (Å²) in [5.74, 6) is -1.61. The highest BCUT2D eigenvalue weighted by atomic mass is 16.5. The molecule has 0 heterocycles. The summed E-state index contributed by atoms with van der Waals surface area (Å²) in [5.41, 5.74) is 4.63. The Labute approximate surface area is 205 Å². The number of rotatable bonds is 9. The van der Waals surface area contributed by atoms with Crippen molar-refractivity contribution >= 4 is 18.0 Å². The monoisotopic (exact) mass is 480 g/mol. The Morgan fingerprint density at radius 1 is 1.03 bits per heavy atom. The van der Waals surface area contributed by atoms with E-state index in [1.54, 1.807) is 6.92 Å². The maximum absolute atomic E-state index is 12.7. The first-order valence-electron chi connectivity index (χ1n) is 12.1. The molecule has 0 saturated heterocycles. The largest absolute Gasteiger partial charge is 0.480 e. The number of aliphatic carboxylic acids is 1. The van der Waals surface area contributed by atoms with Gasteiger partial charge in [0.05, 0.1) is 6.10 Å². The minimum atomic E-state index is -1.15. The number of ether oxygens (including phenoxy) is 2. The summed E-state index contributed by atoms with van der Waals surface area (Å²) in [6.07, 6.45) is 1.38. The Balaban J connectivity index is 1.32. The van der Waals surface area contributed by atoms with Crippen molar-refractivity contribution in [2.75, 3.05) is 13.7 Å². The highest BCUT2D eigenvalue weighted by molar-refractivity contribution is 5.84. The molecule has 2 aromatic rings. The molecule has 0 bridgehead atoms. The van der Waals surface area contributed by atoms with Gasteiger partial charge < -0.3 is 25.2 Å². The zero-order chi connectivity index (χ0) is 24.9. The van der Waals surface area contributed by atoms with Crippen LogP contribution in [0.15, 0.2) is 48.5 Å². The molecule has 3 N–H and O–H groups in total. The molecule has 2 aliphatic rings. The molecular formula is C27H32N2O6. The molecule has 4 rings (SSSR count). The minimum Gasteiger partial charge on any atom is -0.480 e. The second-order valence-electron chi connectivity index (χ2n) is 9.30. The van der Waals surface area contributed by atoms with Crippen LogP contribution in [0.4, 0.5) is 4.79 Å². The van der Waals surface area contributed by atoms with Gasteiger partial charge in [0.25, 0.3) is 0 Å².